The number of quaternary nitrogens is 1. The first-order chi connectivity index (χ1) is 29.1. The van der Waals surface area contributed by atoms with E-state index in [-0.39, 0.29) is 42.7 Å². The number of carboxylic acid groups (broad SMARTS) is 1. The van der Waals surface area contributed by atoms with Crippen molar-refractivity contribution in [2.45, 2.75) is 187 Å². The predicted molar refractivity (Wildman–Crippen MR) is 252 cm³/mol. The summed E-state index contributed by atoms with van der Waals surface area (Å²) in [5, 5.41) is 9.63. The Morgan fingerprint density at radius 3 is 1.37 bits per heavy atom. The van der Waals surface area contributed by atoms with Crippen LogP contribution < -0.4 is 0 Å². The Bertz CT molecular complexity index is 1250. The number of unbranched alkanes of at least 4 members (excludes halogenated alkanes) is 13. The molecule has 0 spiro atoms. The number of hydrogen-bond donors (Lipinski definition) is 1. The van der Waals surface area contributed by atoms with Crippen LogP contribution in [0.15, 0.2) is 85.1 Å². The number of likely N-dealkylation sites (N-methyl/N-ethyl adjacent to an activating group) is 1. The number of hydrogen-bond acceptors (Lipinski definition) is 6. The highest BCUT2D eigenvalue weighted by Gasteiger charge is 2.31. The van der Waals surface area contributed by atoms with Crippen LogP contribution in [0, 0.1) is 0 Å². The summed E-state index contributed by atoms with van der Waals surface area (Å²) in [4.78, 5) is 37.0. The number of allylic oxidation sites excluding steroid dienone is 14. The molecular weight excluding hydrogens is 751 g/mol. The molecule has 0 aliphatic carbocycles. The summed E-state index contributed by atoms with van der Waals surface area (Å²) in [6, 6.07) is -0.628. The highest BCUT2D eigenvalue weighted by atomic mass is 16.6. The number of nitrogens with zero attached hydrogens (tertiary/aromatic N) is 1. The number of aliphatic carboxylic acids is 1. The maximum Gasteiger partial charge on any atom is 0.362 e. The van der Waals surface area contributed by atoms with E-state index in [1.165, 1.54) is 64.2 Å². The summed E-state index contributed by atoms with van der Waals surface area (Å²) in [6.45, 7) is 4.55. The van der Waals surface area contributed by atoms with Crippen molar-refractivity contribution in [2.75, 3.05) is 41.0 Å². The minimum absolute atomic E-state index is 0.0348. The molecule has 8 nitrogen and oxygen atoms in total. The summed E-state index contributed by atoms with van der Waals surface area (Å²) in [6.07, 6.45) is 54.9. The first kappa shape index (κ1) is 56.5. The van der Waals surface area contributed by atoms with Crippen molar-refractivity contribution in [1.29, 1.82) is 0 Å². The smallest absolute Gasteiger partial charge is 0.362 e. The van der Waals surface area contributed by atoms with Gasteiger partial charge in [-0.15, -0.1) is 0 Å². The molecule has 0 saturated heterocycles. The molecule has 0 rings (SSSR count). The summed E-state index contributed by atoms with van der Waals surface area (Å²) in [5.41, 5.74) is 0. The van der Waals surface area contributed by atoms with Crippen LogP contribution in [0.5, 0.6) is 0 Å². The standard InChI is InChI=1S/C52H87NO7/c1-6-8-10-12-14-16-18-20-21-22-23-24-25-26-27-28-29-31-33-35-37-39-41-43-51(55)60-48(46-58-45-44-49(52(56)57)53(3,4)5)47-59-50(54)42-40-38-36-34-32-30-19-17-15-13-11-9-7-2/h8,10,14,16,20-21,23-24,26-27,29,31,35,37,48-49H,6-7,9,11-13,15,17-19,22,25,28,30,32-34,36,38-47H2,1-5H3/p+1/b10-8+,16-14+,21-20+,24-23+,27-26+,31-29+,37-35+. The monoisotopic (exact) mass is 839 g/mol. The third kappa shape index (κ3) is 39.9. The van der Waals surface area contributed by atoms with E-state index < -0.39 is 18.1 Å². The molecule has 2 unspecified atom stereocenters. The fourth-order valence-electron chi connectivity index (χ4n) is 6.43. The van der Waals surface area contributed by atoms with Gasteiger partial charge in [-0.2, -0.15) is 0 Å². The highest BCUT2D eigenvalue weighted by Crippen LogP contribution is 2.14. The fraction of sp³-hybridized carbons (Fsp3) is 0.673. The van der Waals surface area contributed by atoms with Crippen LogP contribution >= 0.6 is 0 Å². The molecule has 0 aromatic rings. The van der Waals surface area contributed by atoms with Crippen molar-refractivity contribution in [3.63, 3.8) is 0 Å². The van der Waals surface area contributed by atoms with Crippen LogP contribution in [0.4, 0.5) is 0 Å². The van der Waals surface area contributed by atoms with Gasteiger partial charge in [0.25, 0.3) is 0 Å². The second kappa shape index (κ2) is 42.2. The van der Waals surface area contributed by atoms with Crippen LogP contribution in [0.25, 0.3) is 0 Å². The number of carboxylic acids is 1. The largest absolute Gasteiger partial charge is 0.477 e. The molecule has 8 heteroatoms. The molecule has 0 aromatic heterocycles. The third-order valence-electron chi connectivity index (χ3n) is 10.1. The van der Waals surface area contributed by atoms with Crippen LogP contribution in [0.1, 0.15) is 174 Å². The molecule has 0 aliphatic heterocycles. The van der Waals surface area contributed by atoms with Gasteiger partial charge in [0.15, 0.2) is 12.1 Å². The van der Waals surface area contributed by atoms with E-state index in [0.717, 1.165) is 70.6 Å². The van der Waals surface area contributed by atoms with Crippen LogP contribution in [0.3, 0.4) is 0 Å². The Morgan fingerprint density at radius 1 is 0.517 bits per heavy atom. The van der Waals surface area contributed by atoms with Gasteiger partial charge in [-0.3, -0.25) is 9.59 Å². The van der Waals surface area contributed by atoms with Crippen molar-refractivity contribution < 1.29 is 38.2 Å². The molecule has 0 radical (unpaired) electrons. The van der Waals surface area contributed by atoms with Crippen molar-refractivity contribution in [3.05, 3.63) is 85.1 Å². The number of carbonyl (C=O) groups is 3. The van der Waals surface area contributed by atoms with Gasteiger partial charge in [0.1, 0.15) is 6.61 Å². The first-order valence-corrected chi connectivity index (χ1v) is 23.6. The molecule has 0 amide bonds. The van der Waals surface area contributed by atoms with Crippen molar-refractivity contribution in [3.8, 4) is 0 Å². The molecule has 0 heterocycles. The normalized spacial score (nSPS) is 13.7. The second-order valence-corrected chi connectivity index (χ2v) is 16.6. The number of carbonyl (C=O) groups excluding carboxylic acids is 2. The predicted octanol–water partition coefficient (Wildman–Crippen LogP) is 13.3. The summed E-state index contributed by atoms with van der Waals surface area (Å²) in [7, 11) is 5.50. The van der Waals surface area contributed by atoms with Crippen molar-refractivity contribution >= 4 is 17.9 Å². The zero-order valence-electron chi connectivity index (χ0n) is 38.9. The SMILES string of the molecule is CC/C=C/C/C=C/C/C=C/C/C=C/C/C=C/C/C=C/C/C=C/CCCC(=O)OC(COCCC(C(=O)O)[N+](C)(C)C)COC(=O)CCCCCCCCCCCCCCC. The maximum atomic E-state index is 12.7. The van der Waals surface area contributed by atoms with Crippen LogP contribution in [-0.4, -0.2) is 80.6 Å². The number of esters is 2. The van der Waals surface area contributed by atoms with E-state index in [0.29, 0.717) is 19.3 Å². The quantitative estimate of drug-likeness (QED) is 0.0283. The molecular formula is C52H88NO7+. The lowest BCUT2D eigenvalue weighted by atomic mass is 10.0. The van der Waals surface area contributed by atoms with Gasteiger partial charge < -0.3 is 23.8 Å². The molecule has 2 atom stereocenters. The Labute approximate surface area is 367 Å². The van der Waals surface area contributed by atoms with Crippen LogP contribution in [-0.2, 0) is 28.6 Å². The fourth-order valence-corrected chi connectivity index (χ4v) is 6.43. The topological polar surface area (TPSA) is 99.1 Å². The first-order valence-electron chi connectivity index (χ1n) is 23.6. The van der Waals surface area contributed by atoms with Crippen molar-refractivity contribution in [1.82, 2.24) is 0 Å². The number of ether oxygens (including phenoxy) is 3. The molecule has 1 N–H and O–H groups in total. The lowest BCUT2D eigenvalue weighted by Crippen LogP contribution is -2.50. The zero-order valence-corrected chi connectivity index (χ0v) is 38.9. The Hall–Kier alpha value is -3.49. The van der Waals surface area contributed by atoms with E-state index in [1.54, 1.807) is 0 Å². The summed E-state index contributed by atoms with van der Waals surface area (Å²) < 4.78 is 17.2. The lowest BCUT2D eigenvalue weighted by molar-refractivity contribution is -0.887. The summed E-state index contributed by atoms with van der Waals surface area (Å²) in [5.74, 6) is -1.55. The third-order valence-corrected chi connectivity index (χ3v) is 10.1. The van der Waals surface area contributed by atoms with Gasteiger partial charge in [-0.1, -0.05) is 176 Å². The number of rotatable bonds is 41. The van der Waals surface area contributed by atoms with Gasteiger partial charge in [0.05, 0.1) is 34.4 Å². The molecule has 342 valence electrons. The molecule has 0 bridgehead atoms. The van der Waals surface area contributed by atoms with Gasteiger partial charge in [0.2, 0.25) is 0 Å². The van der Waals surface area contributed by atoms with E-state index >= 15 is 0 Å². The Morgan fingerprint density at radius 2 is 0.933 bits per heavy atom. The second-order valence-electron chi connectivity index (χ2n) is 16.6. The van der Waals surface area contributed by atoms with Gasteiger partial charge in [-0.05, 0) is 64.2 Å². The Balaban J connectivity index is 4.42. The lowest BCUT2D eigenvalue weighted by Gasteiger charge is -2.31. The average molecular weight is 839 g/mol. The minimum Gasteiger partial charge on any atom is -0.477 e. The molecule has 0 aliphatic rings. The molecule has 0 aromatic carbocycles. The minimum atomic E-state index is -0.886. The van der Waals surface area contributed by atoms with E-state index in [1.807, 2.05) is 21.1 Å². The molecule has 0 fully saturated rings. The maximum absolute atomic E-state index is 12.7. The average Bonchev–Trinajstić information content (AvgIpc) is 3.21. The van der Waals surface area contributed by atoms with Crippen molar-refractivity contribution in [2.24, 2.45) is 0 Å². The van der Waals surface area contributed by atoms with E-state index in [2.05, 4.69) is 98.9 Å². The zero-order chi connectivity index (χ0) is 44.2. The van der Waals surface area contributed by atoms with Gasteiger partial charge in [-0.25, -0.2) is 4.79 Å². The summed E-state index contributed by atoms with van der Waals surface area (Å²) >= 11 is 0. The molecule has 60 heavy (non-hydrogen) atoms. The van der Waals surface area contributed by atoms with Gasteiger partial charge >= 0.3 is 17.9 Å². The molecule has 0 saturated carbocycles. The van der Waals surface area contributed by atoms with E-state index in [4.69, 9.17) is 14.2 Å². The van der Waals surface area contributed by atoms with Gasteiger partial charge in [0, 0.05) is 19.3 Å². The Kier molecular flexibility index (Phi) is 39.8. The van der Waals surface area contributed by atoms with Crippen LogP contribution in [0.2, 0.25) is 0 Å². The highest BCUT2D eigenvalue weighted by molar-refractivity contribution is 5.72. The van der Waals surface area contributed by atoms with E-state index in [9.17, 15) is 19.5 Å².